The summed E-state index contributed by atoms with van der Waals surface area (Å²) in [7, 11) is -3.20. The number of amides is 1. The van der Waals surface area contributed by atoms with Gasteiger partial charge in [-0.25, -0.2) is 13.2 Å². The van der Waals surface area contributed by atoms with Crippen LogP contribution in [0.15, 0.2) is 24.3 Å². The van der Waals surface area contributed by atoms with E-state index in [1.165, 1.54) is 11.1 Å². The van der Waals surface area contributed by atoms with E-state index in [2.05, 4.69) is 24.3 Å². The van der Waals surface area contributed by atoms with Gasteiger partial charge in [0.05, 0.1) is 11.9 Å². The molecule has 0 aromatic heterocycles. The molecule has 0 aliphatic carbocycles. The molecule has 0 N–H and O–H groups in total. The Morgan fingerprint density at radius 2 is 1.88 bits per heavy atom. The van der Waals surface area contributed by atoms with Crippen molar-refractivity contribution in [3.05, 3.63) is 35.4 Å². The molecule has 3 aliphatic rings. The van der Waals surface area contributed by atoms with Crippen LogP contribution >= 0.6 is 0 Å². The van der Waals surface area contributed by atoms with E-state index in [0.717, 1.165) is 37.0 Å². The molecule has 0 saturated carbocycles. The molecule has 8 heteroatoms. The Morgan fingerprint density at radius 3 is 2.50 bits per heavy atom. The first-order valence-electron chi connectivity index (χ1n) is 12.5. The van der Waals surface area contributed by atoms with Crippen LogP contribution < -0.4 is 4.74 Å². The fourth-order valence-electron chi connectivity index (χ4n) is 5.16. The number of piperidine rings is 1. The molecule has 0 spiro atoms. The normalized spacial score (nSPS) is 22.0. The lowest BCUT2D eigenvalue weighted by Gasteiger charge is -2.34. The maximum Gasteiger partial charge on any atom is 0.410 e. The second-order valence-corrected chi connectivity index (χ2v) is 12.5. The van der Waals surface area contributed by atoms with Gasteiger partial charge in [0.15, 0.2) is 0 Å². The summed E-state index contributed by atoms with van der Waals surface area (Å²) >= 11 is 0. The predicted molar refractivity (Wildman–Crippen MR) is 133 cm³/mol. The van der Waals surface area contributed by atoms with E-state index in [-0.39, 0.29) is 30.0 Å². The molecule has 7 nitrogen and oxygen atoms in total. The standard InChI is InChI=1S/C26H38N2O5S/c1-18(2)17-34(30,31)28-13-9-20(10-14-28)22-5-6-24-23(15-22)16-25(33-24)21-7-11-27(12-8-21)26(29)32-19(3)4/h5-6,9,15,18-19,21,25H,7-8,10-14,16-17H2,1-4H3. The molecule has 1 aromatic rings. The van der Waals surface area contributed by atoms with Crippen molar-refractivity contribution in [2.75, 3.05) is 31.9 Å². The van der Waals surface area contributed by atoms with Crippen molar-refractivity contribution in [1.82, 2.24) is 9.21 Å². The maximum absolute atomic E-state index is 12.5. The molecule has 1 unspecified atom stereocenters. The molecule has 1 atom stereocenters. The van der Waals surface area contributed by atoms with Crippen molar-refractivity contribution >= 4 is 21.7 Å². The topological polar surface area (TPSA) is 76.2 Å². The van der Waals surface area contributed by atoms with Crippen molar-refractivity contribution in [3.63, 3.8) is 0 Å². The number of ether oxygens (including phenoxy) is 2. The van der Waals surface area contributed by atoms with Gasteiger partial charge in [0.1, 0.15) is 11.9 Å². The zero-order valence-electron chi connectivity index (χ0n) is 20.8. The molecule has 1 aromatic carbocycles. The van der Waals surface area contributed by atoms with Crippen molar-refractivity contribution in [1.29, 1.82) is 0 Å². The van der Waals surface area contributed by atoms with E-state index in [4.69, 9.17) is 9.47 Å². The second kappa shape index (κ2) is 10.3. The minimum Gasteiger partial charge on any atom is -0.490 e. The molecule has 3 aliphatic heterocycles. The van der Waals surface area contributed by atoms with Crippen LogP contribution in [0.5, 0.6) is 5.75 Å². The highest BCUT2D eigenvalue weighted by atomic mass is 32.2. The molecular formula is C26H38N2O5S. The van der Waals surface area contributed by atoms with Crippen LogP contribution in [0.3, 0.4) is 0 Å². The smallest absolute Gasteiger partial charge is 0.410 e. The van der Waals surface area contributed by atoms with Gasteiger partial charge < -0.3 is 14.4 Å². The fourth-order valence-corrected chi connectivity index (χ4v) is 6.88. The van der Waals surface area contributed by atoms with Gasteiger partial charge in [-0.1, -0.05) is 26.0 Å². The summed E-state index contributed by atoms with van der Waals surface area (Å²) < 4.78 is 38.3. The van der Waals surface area contributed by atoms with Crippen LogP contribution in [-0.2, 0) is 21.2 Å². The van der Waals surface area contributed by atoms with E-state index in [9.17, 15) is 13.2 Å². The quantitative estimate of drug-likeness (QED) is 0.594. The molecule has 34 heavy (non-hydrogen) atoms. The average Bonchev–Trinajstić information content (AvgIpc) is 3.21. The van der Waals surface area contributed by atoms with Gasteiger partial charge in [0, 0.05) is 32.6 Å². The van der Waals surface area contributed by atoms with Crippen LogP contribution in [0.1, 0.15) is 58.1 Å². The fraction of sp³-hybridized carbons (Fsp3) is 0.654. The first kappa shape index (κ1) is 25.0. The Bertz CT molecular complexity index is 1030. The Balaban J connectivity index is 1.34. The molecule has 0 radical (unpaired) electrons. The first-order valence-corrected chi connectivity index (χ1v) is 14.2. The number of likely N-dealkylation sites (tertiary alicyclic amines) is 1. The summed E-state index contributed by atoms with van der Waals surface area (Å²) in [5, 5.41) is 0. The number of hydrogen-bond acceptors (Lipinski definition) is 5. The molecule has 3 heterocycles. The highest BCUT2D eigenvalue weighted by Gasteiger charge is 2.35. The highest BCUT2D eigenvalue weighted by molar-refractivity contribution is 7.89. The number of carbonyl (C=O) groups excluding carboxylic acids is 1. The van der Waals surface area contributed by atoms with Gasteiger partial charge in [-0.3, -0.25) is 0 Å². The van der Waals surface area contributed by atoms with E-state index in [1.54, 1.807) is 9.21 Å². The van der Waals surface area contributed by atoms with Gasteiger partial charge in [0.2, 0.25) is 10.0 Å². The van der Waals surface area contributed by atoms with E-state index in [1.807, 2.05) is 27.7 Å². The van der Waals surface area contributed by atoms with E-state index in [0.29, 0.717) is 32.1 Å². The lowest BCUT2D eigenvalue weighted by molar-refractivity contribution is 0.0503. The van der Waals surface area contributed by atoms with Crippen LogP contribution in [0, 0.1) is 11.8 Å². The van der Waals surface area contributed by atoms with Gasteiger partial charge in [-0.2, -0.15) is 4.31 Å². The summed E-state index contributed by atoms with van der Waals surface area (Å²) in [5.41, 5.74) is 3.59. The third kappa shape index (κ3) is 5.77. The molecule has 4 rings (SSSR count). The summed E-state index contributed by atoms with van der Waals surface area (Å²) in [5.74, 6) is 1.70. The van der Waals surface area contributed by atoms with Crippen molar-refractivity contribution < 1.29 is 22.7 Å². The van der Waals surface area contributed by atoms with Crippen molar-refractivity contribution in [3.8, 4) is 5.75 Å². The SMILES string of the molecule is CC(C)CS(=O)(=O)N1CC=C(c2ccc3c(c2)CC(C2CCN(C(=O)OC(C)C)CC2)O3)CC1. The Kier molecular flexibility index (Phi) is 7.57. The van der Waals surface area contributed by atoms with Gasteiger partial charge in [0.25, 0.3) is 0 Å². The van der Waals surface area contributed by atoms with Crippen molar-refractivity contribution in [2.45, 2.75) is 65.6 Å². The largest absolute Gasteiger partial charge is 0.490 e. The highest BCUT2D eigenvalue weighted by Crippen LogP contribution is 2.37. The Labute approximate surface area is 204 Å². The maximum atomic E-state index is 12.5. The number of fused-ring (bicyclic) bond motifs is 1. The van der Waals surface area contributed by atoms with Crippen LogP contribution in [0.2, 0.25) is 0 Å². The summed E-state index contributed by atoms with van der Waals surface area (Å²) in [6, 6.07) is 6.37. The average molecular weight is 491 g/mol. The van der Waals surface area contributed by atoms with Gasteiger partial charge in [-0.05, 0) is 73.8 Å². The van der Waals surface area contributed by atoms with E-state index < -0.39 is 10.0 Å². The summed E-state index contributed by atoms with van der Waals surface area (Å²) in [6.07, 6.45) is 5.34. The van der Waals surface area contributed by atoms with Gasteiger partial charge in [-0.15, -0.1) is 0 Å². The number of benzene rings is 1. The first-order chi connectivity index (χ1) is 16.1. The lowest BCUT2D eigenvalue weighted by Crippen LogP contribution is -2.43. The zero-order valence-corrected chi connectivity index (χ0v) is 21.6. The van der Waals surface area contributed by atoms with Crippen LogP contribution in [0.25, 0.3) is 5.57 Å². The van der Waals surface area contributed by atoms with Crippen LogP contribution in [0.4, 0.5) is 4.79 Å². The molecule has 1 saturated heterocycles. The van der Waals surface area contributed by atoms with Gasteiger partial charge >= 0.3 is 6.09 Å². The molecular weight excluding hydrogens is 452 g/mol. The summed E-state index contributed by atoms with van der Waals surface area (Å²) in [6.45, 7) is 10.0. The zero-order chi connectivity index (χ0) is 24.5. The third-order valence-corrected chi connectivity index (χ3v) is 9.11. The third-order valence-electron chi connectivity index (χ3n) is 6.90. The molecule has 0 bridgehead atoms. The molecule has 1 fully saturated rings. The van der Waals surface area contributed by atoms with Crippen LogP contribution in [-0.4, -0.2) is 67.9 Å². The minimum atomic E-state index is -3.20. The Hall–Kier alpha value is -2.06. The minimum absolute atomic E-state index is 0.0983. The number of nitrogens with zero attached hydrogens (tertiary/aromatic N) is 2. The predicted octanol–water partition coefficient (Wildman–Crippen LogP) is 4.32. The van der Waals surface area contributed by atoms with E-state index >= 15 is 0 Å². The number of carbonyl (C=O) groups is 1. The summed E-state index contributed by atoms with van der Waals surface area (Å²) in [4.78, 5) is 14.0. The monoisotopic (exact) mass is 490 g/mol. The Morgan fingerprint density at radius 1 is 1.15 bits per heavy atom. The molecule has 1 amide bonds. The number of rotatable bonds is 6. The van der Waals surface area contributed by atoms with Crippen molar-refractivity contribution in [2.24, 2.45) is 11.8 Å². The number of sulfonamides is 1. The number of hydrogen-bond donors (Lipinski definition) is 0. The molecule has 188 valence electrons. The lowest BCUT2D eigenvalue weighted by atomic mass is 9.88. The second-order valence-electron chi connectivity index (χ2n) is 10.4.